The van der Waals surface area contributed by atoms with E-state index in [1.807, 2.05) is 6.92 Å². The van der Waals surface area contributed by atoms with E-state index in [9.17, 15) is 10.2 Å². The van der Waals surface area contributed by atoms with Crippen LogP contribution in [0.3, 0.4) is 0 Å². The van der Waals surface area contributed by atoms with Gasteiger partial charge in [0, 0.05) is 6.54 Å². The van der Waals surface area contributed by atoms with E-state index in [2.05, 4.69) is 4.99 Å². The highest BCUT2D eigenvalue weighted by molar-refractivity contribution is 5.90. The minimum absolute atomic E-state index is 0.285. The zero-order valence-corrected chi connectivity index (χ0v) is 8.98. The number of aliphatic hydroxyl groups excluding tert-OH is 3. The first-order valence-corrected chi connectivity index (χ1v) is 5.17. The molecule has 0 rings (SSSR count). The fraction of sp³-hybridized carbons (Fsp3) is 0.900. The summed E-state index contributed by atoms with van der Waals surface area (Å²) < 4.78 is 0. The summed E-state index contributed by atoms with van der Waals surface area (Å²) in [6.45, 7) is 4.13. The number of rotatable bonds is 7. The Labute approximate surface area is 85.3 Å². The zero-order valence-electron chi connectivity index (χ0n) is 8.98. The monoisotopic (exact) mass is 203 g/mol. The maximum absolute atomic E-state index is 9.54. The first-order chi connectivity index (χ1) is 6.67. The third-order valence-corrected chi connectivity index (χ3v) is 2.11. The topological polar surface area (TPSA) is 73.1 Å². The number of unbranched alkanes of at least 4 members (excludes halogenated alkanes) is 1. The Morgan fingerprint density at radius 3 is 2.36 bits per heavy atom. The van der Waals surface area contributed by atoms with Crippen LogP contribution in [-0.4, -0.2) is 46.4 Å². The molecule has 0 amide bonds. The number of nitrogens with zero attached hydrogens (tertiary/aromatic N) is 1. The summed E-state index contributed by atoms with van der Waals surface area (Å²) in [5.74, 6) is 0. The SMILES string of the molecule is CCCCN=C(CO)[C@@H](O)[C@H](O)CC. The molecule has 3 N–H and O–H groups in total. The Kier molecular flexibility index (Phi) is 7.65. The largest absolute Gasteiger partial charge is 0.390 e. The van der Waals surface area contributed by atoms with Gasteiger partial charge in [-0.1, -0.05) is 20.3 Å². The van der Waals surface area contributed by atoms with Gasteiger partial charge in [-0.15, -0.1) is 0 Å². The molecule has 0 bridgehead atoms. The molecule has 0 aliphatic rings. The molecule has 0 aliphatic heterocycles. The van der Waals surface area contributed by atoms with Crippen LogP contribution < -0.4 is 0 Å². The second-order valence-electron chi connectivity index (χ2n) is 3.31. The second-order valence-corrected chi connectivity index (χ2v) is 3.31. The van der Waals surface area contributed by atoms with Crippen LogP contribution in [-0.2, 0) is 0 Å². The van der Waals surface area contributed by atoms with Gasteiger partial charge in [0.05, 0.1) is 18.4 Å². The molecule has 0 aromatic carbocycles. The van der Waals surface area contributed by atoms with Crippen molar-refractivity contribution in [3.8, 4) is 0 Å². The number of aliphatic hydroxyl groups is 3. The van der Waals surface area contributed by atoms with Gasteiger partial charge in [0.2, 0.25) is 0 Å². The molecule has 0 saturated carbocycles. The van der Waals surface area contributed by atoms with E-state index in [0.29, 0.717) is 13.0 Å². The average Bonchev–Trinajstić information content (AvgIpc) is 2.22. The molecule has 0 fully saturated rings. The summed E-state index contributed by atoms with van der Waals surface area (Å²) in [5, 5.41) is 27.8. The molecule has 84 valence electrons. The second kappa shape index (κ2) is 7.91. The number of hydrogen-bond acceptors (Lipinski definition) is 4. The molecule has 0 spiro atoms. The fourth-order valence-electron chi connectivity index (χ4n) is 1.06. The van der Waals surface area contributed by atoms with Gasteiger partial charge in [0.25, 0.3) is 0 Å². The van der Waals surface area contributed by atoms with Gasteiger partial charge in [-0.05, 0) is 12.8 Å². The minimum Gasteiger partial charge on any atom is -0.390 e. The molecular formula is C10H21NO3. The molecule has 2 atom stereocenters. The molecule has 0 heterocycles. The molecule has 4 heteroatoms. The van der Waals surface area contributed by atoms with E-state index in [4.69, 9.17) is 5.11 Å². The summed E-state index contributed by atoms with van der Waals surface area (Å²) in [5.41, 5.74) is 0.285. The Hall–Kier alpha value is -0.450. The van der Waals surface area contributed by atoms with E-state index in [1.54, 1.807) is 6.92 Å². The van der Waals surface area contributed by atoms with Crippen molar-refractivity contribution in [2.24, 2.45) is 4.99 Å². The zero-order chi connectivity index (χ0) is 11.0. The minimum atomic E-state index is -1.03. The van der Waals surface area contributed by atoms with Gasteiger partial charge in [-0.3, -0.25) is 4.99 Å². The smallest absolute Gasteiger partial charge is 0.120 e. The van der Waals surface area contributed by atoms with Gasteiger partial charge >= 0.3 is 0 Å². The lowest BCUT2D eigenvalue weighted by molar-refractivity contribution is 0.0546. The lowest BCUT2D eigenvalue weighted by Crippen LogP contribution is -2.35. The van der Waals surface area contributed by atoms with Crippen molar-refractivity contribution >= 4 is 5.71 Å². The van der Waals surface area contributed by atoms with Crippen molar-refractivity contribution in [2.45, 2.75) is 45.3 Å². The van der Waals surface area contributed by atoms with Gasteiger partial charge in [-0.25, -0.2) is 0 Å². The molecular weight excluding hydrogens is 182 g/mol. The van der Waals surface area contributed by atoms with Gasteiger partial charge < -0.3 is 15.3 Å². The van der Waals surface area contributed by atoms with Crippen LogP contribution in [0.1, 0.15) is 33.1 Å². The van der Waals surface area contributed by atoms with Crippen molar-refractivity contribution in [3.05, 3.63) is 0 Å². The fourth-order valence-corrected chi connectivity index (χ4v) is 1.06. The normalized spacial score (nSPS) is 16.8. The standard InChI is InChI=1S/C10H21NO3/c1-3-5-6-11-8(7-12)10(14)9(13)4-2/h9-10,12-14H,3-7H2,1-2H3/t9-,10-/m1/s1. The third-order valence-electron chi connectivity index (χ3n) is 2.11. The highest BCUT2D eigenvalue weighted by Gasteiger charge is 2.19. The predicted molar refractivity (Wildman–Crippen MR) is 56.6 cm³/mol. The molecule has 0 saturated heterocycles. The predicted octanol–water partition coefficient (Wildman–Crippen LogP) is 0.352. The number of aliphatic imine (C=N–C) groups is 1. The Balaban J connectivity index is 4.16. The quantitative estimate of drug-likeness (QED) is 0.413. The van der Waals surface area contributed by atoms with Crippen molar-refractivity contribution in [3.63, 3.8) is 0 Å². The molecule has 0 aromatic heterocycles. The summed E-state index contributed by atoms with van der Waals surface area (Å²) >= 11 is 0. The third kappa shape index (κ3) is 4.69. The van der Waals surface area contributed by atoms with Crippen LogP contribution in [0.15, 0.2) is 4.99 Å². The summed E-state index contributed by atoms with van der Waals surface area (Å²) in [6.07, 6.45) is 0.547. The molecule has 0 radical (unpaired) electrons. The van der Waals surface area contributed by atoms with Crippen molar-refractivity contribution in [1.29, 1.82) is 0 Å². The van der Waals surface area contributed by atoms with E-state index >= 15 is 0 Å². The highest BCUT2D eigenvalue weighted by atomic mass is 16.3. The van der Waals surface area contributed by atoms with Gasteiger partial charge in [0.15, 0.2) is 0 Å². The maximum atomic E-state index is 9.54. The van der Waals surface area contributed by atoms with Crippen LogP contribution in [0.25, 0.3) is 0 Å². The van der Waals surface area contributed by atoms with Crippen molar-refractivity contribution in [2.75, 3.05) is 13.2 Å². The van der Waals surface area contributed by atoms with Crippen LogP contribution >= 0.6 is 0 Å². The molecule has 14 heavy (non-hydrogen) atoms. The van der Waals surface area contributed by atoms with Gasteiger partial charge in [0.1, 0.15) is 6.10 Å². The van der Waals surface area contributed by atoms with Crippen LogP contribution in [0.4, 0.5) is 0 Å². The Morgan fingerprint density at radius 1 is 1.29 bits per heavy atom. The molecule has 0 aliphatic carbocycles. The van der Waals surface area contributed by atoms with E-state index in [-0.39, 0.29) is 12.3 Å². The molecule has 0 aromatic rings. The summed E-state index contributed by atoms with van der Waals surface area (Å²) in [6, 6.07) is 0. The van der Waals surface area contributed by atoms with Crippen LogP contribution in [0.5, 0.6) is 0 Å². The van der Waals surface area contributed by atoms with Crippen molar-refractivity contribution in [1.82, 2.24) is 0 Å². The summed E-state index contributed by atoms with van der Waals surface area (Å²) in [4.78, 5) is 4.06. The summed E-state index contributed by atoms with van der Waals surface area (Å²) in [7, 11) is 0. The van der Waals surface area contributed by atoms with Crippen LogP contribution in [0, 0.1) is 0 Å². The highest BCUT2D eigenvalue weighted by Crippen LogP contribution is 2.02. The first-order valence-electron chi connectivity index (χ1n) is 5.17. The van der Waals surface area contributed by atoms with E-state index in [1.165, 1.54) is 0 Å². The lowest BCUT2D eigenvalue weighted by Gasteiger charge is -2.17. The van der Waals surface area contributed by atoms with E-state index in [0.717, 1.165) is 12.8 Å². The van der Waals surface area contributed by atoms with Crippen molar-refractivity contribution < 1.29 is 15.3 Å². The maximum Gasteiger partial charge on any atom is 0.120 e. The first kappa shape index (κ1) is 13.5. The lowest BCUT2D eigenvalue weighted by atomic mass is 10.1. The number of hydrogen-bond donors (Lipinski definition) is 3. The molecule has 0 unspecified atom stereocenters. The average molecular weight is 203 g/mol. The van der Waals surface area contributed by atoms with E-state index < -0.39 is 12.2 Å². The van der Waals surface area contributed by atoms with Crippen LogP contribution in [0.2, 0.25) is 0 Å². The Bertz CT molecular complexity index is 171. The van der Waals surface area contributed by atoms with Gasteiger partial charge in [-0.2, -0.15) is 0 Å². The molecule has 4 nitrogen and oxygen atoms in total. The Morgan fingerprint density at radius 2 is 1.93 bits per heavy atom.